The first kappa shape index (κ1) is 18.1. The molecule has 1 aliphatic rings. The minimum absolute atomic E-state index is 0.277. The molecule has 0 unspecified atom stereocenters. The van der Waals surface area contributed by atoms with Gasteiger partial charge in [0.15, 0.2) is 6.61 Å². The average Bonchev–Trinajstić information content (AvgIpc) is 3.22. The zero-order chi connectivity index (χ0) is 18.5. The zero-order valence-corrected chi connectivity index (χ0v) is 14.7. The number of rotatable bonds is 6. The Bertz CT molecular complexity index is 811. The molecule has 3 rings (SSSR count). The van der Waals surface area contributed by atoms with Gasteiger partial charge >= 0.3 is 5.97 Å². The highest BCUT2D eigenvalue weighted by Crippen LogP contribution is 2.30. The third-order valence-corrected chi connectivity index (χ3v) is 5.07. The highest BCUT2D eigenvalue weighted by atomic mass is 32.1. The number of thiophene rings is 1. The summed E-state index contributed by atoms with van der Waals surface area (Å²) in [6.07, 6.45) is 3.07. The third-order valence-electron chi connectivity index (χ3n) is 3.86. The summed E-state index contributed by atoms with van der Waals surface area (Å²) in [5.74, 6) is -1.98. The molecule has 0 atom stereocenters. The van der Waals surface area contributed by atoms with Crippen LogP contribution in [-0.2, 0) is 27.2 Å². The van der Waals surface area contributed by atoms with Gasteiger partial charge in [-0.1, -0.05) is 0 Å². The molecule has 0 radical (unpaired) electrons. The van der Waals surface area contributed by atoms with E-state index in [9.17, 15) is 18.8 Å². The lowest BCUT2D eigenvalue weighted by Gasteiger charge is -2.07. The Morgan fingerprint density at radius 3 is 2.62 bits per heavy atom. The quantitative estimate of drug-likeness (QED) is 0.758. The van der Waals surface area contributed by atoms with Gasteiger partial charge in [0, 0.05) is 10.6 Å². The lowest BCUT2D eigenvalue weighted by atomic mass is 10.2. The monoisotopic (exact) mass is 376 g/mol. The second kappa shape index (κ2) is 8.09. The van der Waals surface area contributed by atoms with E-state index in [0.29, 0.717) is 10.6 Å². The van der Waals surface area contributed by atoms with Gasteiger partial charge in [-0.2, -0.15) is 0 Å². The van der Waals surface area contributed by atoms with Gasteiger partial charge in [0.05, 0.1) is 6.54 Å². The number of amides is 2. The average molecular weight is 376 g/mol. The molecule has 0 aliphatic heterocycles. The highest BCUT2D eigenvalue weighted by molar-refractivity contribution is 7.14. The number of nitrogens with one attached hydrogen (secondary N) is 2. The molecule has 1 aromatic heterocycles. The molecule has 136 valence electrons. The Hall–Kier alpha value is -2.74. The van der Waals surface area contributed by atoms with E-state index in [1.807, 2.05) is 6.07 Å². The summed E-state index contributed by atoms with van der Waals surface area (Å²) in [5.41, 5.74) is 1.60. The normalized spacial score (nSPS) is 12.3. The third kappa shape index (κ3) is 4.66. The van der Waals surface area contributed by atoms with Gasteiger partial charge in [0.1, 0.15) is 10.7 Å². The van der Waals surface area contributed by atoms with Crippen LogP contribution in [0, 0.1) is 5.82 Å². The van der Waals surface area contributed by atoms with E-state index in [4.69, 9.17) is 4.74 Å². The Balaban J connectivity index is 1.38. The van der Waals surface area contributed by atoms with Crippen molar-refractivity contribution in [3.63, 3.8) is 0 Å². The minimum Gasteiger partial charge on any atom is -0.451 e. The van der Waals surface area contributed by atoms with E-state index in [2.05, 4.69) is 10.6 Å². The summed E-state index contributed by atoms with van der Waals surface area (Å²) in [5, 5.41) is 4.87. The van der Waals surface area contributed by atoms with Gasteiger partial charge in [-0.25, -0.2) is 9.18 Å². The smallest absolute Gasteiger partial charge is 0.348 e. The van der Waals surface area contributed by atoms with Crippen molar-refractivity contribution >= 4 is 34.8 Å². The van der Waals surface area contributed by atoms with Crippen LogP contribution in [0.4, 0.5) is 10.1 Å². The van der Waals surface area contributed by atoms with Crippen molar-refractivity contribution < 1.29 is 23.5 Å². The van der Waals surface area contributed by atoms with E-state index in [0.717, 1.165) is 19.3 Å². The number of halogens is 1. The first-order valence-corrected chi connectivity index (χ1v) is 8.94. The van der Waals surface area contributed by atoms with Crippen LogP contribution in [0.2, 0.25) is 0 Å². The van der Waals surface area contributed by atoms with Crippen LogP contribution in [0.3, 0.4) is 0 Å². The van der Waals surface area contributed by atoms with Crippen LogP contribution in [-0.4, -0.2) is 30.9 Å². The number of carbonyl (C=O) groups excluding carboxylic acids is 3. The van der Waals surface area contributed by atoms with Crippen molar-refractivity contribution in [1.29, 1.82) is 0 Å². The van der Waals surface area contributed by atoms with Crippen molar-refractivity contribution in [1.82, 2.24) is 5.32 Å². The van der Waals surface area contributed by atoms with E-state index in [-0.39, 0.29) is 6.54 Å². The molecule has 2 N–H and O–H groups in total. The molecule has 0 saturated carbocycles. The van der Waals surface area contributed by atoms with E-state index in [1.165, 1.54) is 46.0 Å². The molecule has 1 aliphatic carbocycles. The Labute approximate surface area is 153 Å². The standard InChI is InChI=1S/C18H17FN2O4S/c19-12-4-6-13(7-5-12)21-16(22)9-20-17(23)10-25-18(24)15-8-11-2-1-3-14(11)26-15/h4-8H,1-3,9-10H2,(H,20,23)(H,21,22). The maximum Gasteiger partial charge on any atom is 0.348 e. The van der Waals surface area contributed by atoms with Crippen molar-refractivity contribution in [2.45, 2.75) is 19.3 Å². The first-order chi connectivity index (χ1) is 12.5. The summed E-state index contributed by atoms with van der Waals surface area (Å²) in [4.78, 5) is 37.1. The predicted molar refractivity (Wildman–Crippen MR) is 94.7 cm³/mol. The fourth-order valence-electron chi connectivity index (χ4n) is 2.60. The molecular weight excluding hydrogens is 359 g/mol. The fraction of sp³-hybridized carbons (Fsp3) is 0.278. The summed E-state index contributed by atoms with van der Waals surface area (Å²) in [7, 11) is 0. The van der Waals surface area contributed by atoms with Crippen molar-refractivity contribution in [3.8, 4) is 0 Å². The minimum atomic E-state index is -0.572. The van der Waals surface area contributed by atoms with E-state index >= 15 is 0 Å². The van der Waals surface area contributed by atoms with Gasteiger partial charge in [-0.3, -0.25) is 9.59 Å². The largest absolute Gasteiger partial charge is 0.451 e. The summed E-state index contributed by atoms with van der Waals surface area (Å²) in [6.45, 7) is -0.730. The lowest BCUT2D eigenvalue weighted by molar-refractivity contribution is -0.126. The lowest BCUT2D eigenvalue weighted by Crippen LogP contribution is -2.35. The number of fused-ring (bicyclic) bond motifs is 1. The molecule has 0 bridgehead atoms. The second-order valence-electron chi connectivity index (χ2n) is 5.82. The maximum absolute atomic E-state index is 12.8. The molecule has 0 fully saturated rings. The van der Waals surface area contributed by atoms with Gasteiger partial charge in [0.25, 0.3) is 5.91 Å². The number of esters is 1. The van der Waals surface area contributed by atoms with Gasteiger partial charge in [-0.15, -0.1) is 11.3 Å². The maximum atomic E-state index is 12.8. The van der Waals surface area contributed by atoms with Crippen molar-refractivity contribution in [3.05, 3.63) is 51.5 Å². The van der Waals surface area contributed by atoms with Crippen LogP contribution in [0.5, 0.6) is 0 Å². The van der Waals surface area contributed by atoms with Crippen LogP contribution >= 0.6 is 11.3 Å². The van der Waals surface area contributed by atoms with Crippen LogP contribution in [0.1, 0.15) is 26.5 Å². The van der Waals surface area contributed by atoms with Crippen LogP contribution in [0.15, 0.2) is 30.3 Å². The highest BCUT2D eigenvalue weighted by Gasteiger charge is 2.20. The number of anilines is 1. The predicted octanol–water partition coefficient (Wildman–Crippen LogP) is 2.29. The van der Waals surface area contributed by atoms with Gasteiger partial charge in [0.2, 0.25) is 5.91 Å². The Kier molecular flexibility index (Phi) is 5.62. The van der Waals surface area contributed by atoms with Crippen LogP contribution in [0.25, 0.3) is 0 Å². The summed E-state index contributed by atoms with van der Waals surface area (Å²) in [6, 6.07) is 7.08. The SMILES string of the molecule is O=C(COC(=O)c1cc2c(s1)CCC2)NCC(=O)Nc1ccc(F)cc1. The molecule has 26 heavy (non-hydrogen) atoms. The van der Waals surface area contributed by atoms with Gasteiger partial charge < -0.3 is 15.4 Å². The molecule has 1 aromatic carbocycles. The second-order valence-corrected chi connectivity index (χ2v) is 6.96. The number of carbonyl (C=O) groups is 3. The Morgan fingerprint density at radius 1 is 1.12 bits per heavy atom. The van der Waals surface area contributed by atoms with Crippen molar-refractivity contribution in [2.75, 3.05) is 18.5 Å². The summed E-state index contributed by atoms with van der Waals surface area (Å²) < 4.78 is 17.8. The van der Waals surface area contributed by atoms with E-state index < -0.39 is 30.2 Å². The van der Waals surface area contributed by atoms with Gasteiger partial charge in [-0.05, 0) is 55.2 Å². The molecule has 2 aromatic rings. The van der Waals surface area contributed by atoms with Crippen molar-refractivity contribution in [2.24, 2.45) is 0 Å². The first-order valence-electron chi connectivity index (χ1n) is 8.12. The molecular formula is C18H17FN2O4S. The topological polar surface area (TPSA) is 84.5 Å². The molecule has 6 nitrogen and oxygen atoms in total. The fourth-order valence-corrected chi connectivity index (χ4v) is 3.75. The van der Waals surface area contributed by atoms with E-state index in [1.54, 1.807) is 0 Å². The van der Waals surface area contributed by atoms with Crippen LogP contribution < -0.4 is 10.6 Å². The molecule has 1 heterocycles. The molecule has 8 heteroatoms. The number of hydrogen-bond donors (Lipinski definition) is 2. The zero-order valence-electron chi connectivity index (χ0n) is 13.8. The molecule has 0 saturated heterocycles. The number of hydrogen-bond acceptors (Lipinski definition) is 5. The summed E-state index contributed by atoms with van der Waals surface area (Å²) >= 11 is 1.41. The molecule has 0 spiro atoms. The number of ether oxygens (including phenoxy) is 1. The number of benzene rings is 1. The number of aryl methyl sites for hydroxylation is 2. The molecule has 2 amide bonds. The Morgan fingerprint density at radius 2 is 1.88 bits per heavy atom.